The fourth-order valence-electron chi connectivity index (χ4n) is 5.72. The van der Waals surface area contributed by atoms with Gasteiger partial charge in [0, 0.05) is 27.9 Å². The van der Waals surface area contributed by atoms with Gasteiger partial charge < -0.3 is 0 Å². The average molecular weight is 578 g/mol. The van der Waals surface area contributed by atoms with Crippen LogP contribution in [0.15, 0.2) is 164 Å². The second kappa shape index (κ2) is 11.5. The molecule has 0 aliphatic heterocycles. The van der Waals surface area contributed by atoms with Gasteiger partial charge in [-0.2, -0.15) is 0 Å². The first kappa shape index (κ1) is 26.4. The van der Waals surface area contributed by atoms with Crippen molar-refractivity contribution in [2.75, 3.05) is 0 Å². The summed E-state index contributed by atoms with van der Waals surface area (Å²) in [6.07, 6.45) is 0. The molecule has 212 valence electrons. The van der Waals surface area contributed by atoms with Crippen LogP contribution in [0.1, 0.15) is 0 Å². The minimum absolute atomic E-state index is 0.633. The first-order chi connectivity index (χ1) is 22.3. The number of imidazole rings is 1. The summed E-state index contributed by atoms with van der Waals surface area (Å²) in [6, 6.07) is 55.6. The Morgan fingerprint density at radius 2 is 0.822 bits per heavy atom. The average Bonchev–Trinajstić information content (AvgIpc) is 3.52. The van der Waals surface area contributed by atoms with E-state index in [9.17, 15) is 0 Å². The largest absolute Gasteiger partial charge is 0.292 e. The van der Waals surface area contributed by atoms with Gasteiger partial charge in [-0.05, 0) is 35.4 Å². The van der Waals surface area contributed by atoms with E-state index in [1.54, 1.807) is 0 Å². The summed E-state index contributed by atoms with van der Waals surface area (Å²) in [5, 5.41) is 0. The van der Waals surface area contributed by atoms with Crippen LogP contribution in [0.2, 0.25) is 0 Å². The van der Waals surface area contributed by atoms with Gasteiger partial charge in [0.05, 0.1) is 11.0 Å². The molecule has 0 bridgehead atoms. The molecular weight excluding hydrogens is 550 g/mol. The van der Waals surface area contributed by atoms with Crippen molar-refractivity contribution in [1.82, 2.24) is 24.5 Å². The van der Waals surface area contributed by atoms with Crippen molar-refractivity contribution < 1.29 is 0 Å². The number of rotatable bonds is 6. The standard InChI is InChI=1S/C40H27N5/c1-4-14-29(15-5-1)37-42-38(30-16-6-2-7-17-30)44-39(43-37)34-21-11-10-20-33(34)28-24-26-31(27-25-28)40-41-35-22-12-13-23-36(35)45(40)32-18-8-3-9-19-32/h1-27H. The lowest BCUT2D eigenvalue weighted by Gasteiger charge is -2.13. The molecule has 45 heavy (non-hydrogen) atoms. The van der Waals surface area contributed by atoms with Crippen LogP contribution in [-0.4, -0.2) is 24.5 Å². The fraction of sp³-hybridized carbons (Fsp3) is 0. The summed E-state index contributed by atoms with van der Waals surface area (Å²) in [4.78, 5) is 19.9. The molecule has 0 N–H and O–H groups in total. The predicted molar refractivity (Wildman–Crippen MR) is 182 cm³/mol. The van der Waals surface area contributed by atoms with Crippen molar-refractivity contribution in [1.29, 1.82) is 0 Å². The first-order valence-electron chi connectivity index (χ1n) is 14.9. The van der Waals surface area contributed by atoms with Crippen LogP contribution >= 0.6 is 0 Å². The van der Waals surface area contributed by atoms with Crippen molar-refractivity contribution in [3.05, 3.63) is 164 Å². The van der Waals surface area contributed by atoms with Gasteiger partial charge in [-0.25, -0.2) is 19.9 Å². The van der Waals surface area contributed by atoms with Gasteiger partial charge in [0.15, 0.2) is 17.5 Å². The number of benzene rings is 6. The molecule has 2 heterocycles. The summed E-state index contributed by atoms with van der Waals surface area (Å²) in [7, 11) is 0. The SMILES string of the molecule is c1ccc(-c2nc(-c3ccccc3)nc(-c3ccccc3-c3ccc(-c4nc5ccccc5n4-c4ccccc4)cc3)n2)cc1. The van der Waals surface area contributed by atoms with E-state index in [0.717, 1.165) is 55.9 Å². The third kappa shape index (κ3) is 5.07. The Hall–Kier alpha value is -6.20. The van der Waals surface area contributed by atoms with E-state index in [-0.39, 0.29) is 0 Å². The lowest BCUT2D eigenvalue weighted by atomic mass is 9.98. The maximum atomic E-state index is 5.04. The molecule has 2 aromatic heterocycles. The maximum absolute atomic E-state index is 5.04. The minimum atomic E-state index is 0.633. The Kier molecular flexibility index (Phi) is 6.74. The second-order valence-corrected chi connectivity index (χ2v) is 10.8. The predicted octanol–water partition coefficient (Wildman–Crippen LogP) is 9.55. The molecule has 0 saturated heterocycles. The van der Waals surface area contributed by atoms with Crippen molar-refractivity contribution in [2.24, 2.45) is 0 Å². The fourth-order valence-corrected chi connectivity index (χ4v) is 5.72. The number of aromatic nitrogens is 5. The molecule has 0 unspecified atom stereocenters. The number of hydrogen-bond acceptors (Lipinski definition) is 4. The first-order valence-corrected chi connectivity index (χ1v) is 14.9. The third-order valence-corrected chi connectivity index (χ3v) is 7.90. The summed E-state index contributed by atoms with van der Waals surface area (Å²) in [5.74, 6) is 2.82. The molecule has 8 aromatic rings. The van der Waals surface area contributed by atoms with Crippen LogP contribution < -0.4 is 0 Å². The number of nitrogens with zero attached hydrogens (tertiary/aromatic N) is 5. The van der Waals surface area contributed by atoms with E-state index in [4.69, 9.17) is 19.9 Å². The van der Waals surface area contributed by atoms with Gasteiger partial charge in [0.25, 0.3) is 0 Å². The minimum Gasteiger partial charge on any atom is -0.292 e. The lowest BCUT2D eigenvalue weighted by Crippen LogP contribution is -2.01. The molecule has 0 atom stereocenters. The summed E-state index contributed by atoms with van der Waals surface area (Å²) >= 11 is 0. The topological polar surface area (TPSA) is 56.5 Å². The molecule has 0 amide bonds. The van der Waals surface area contributed by atoms with Crippen LogP contribution in [0, 0.1) is 0 Å². The summed E-state index contributed by atoms with van der Waals surface area (Å²) < 4.78 is 2.22. The van der Waals surface area contributed by atoms with E-state index in [1.165, 1.54) is 0 Å². The van der Waals surface area contributed by atoms with Crippen LogP contribution in [0.4, 0.5) is 0 Å². The molecule has 5 nitrogen and oxygen atoms in total. The molecule has 6 aromatic carbocycles. The lowest BCUT2D eigenvalue weighted by molar-refractivity contribution is 1.07. The molecule has 8 rings (SSSR count). The Balaban J connectivity index is 1.24. The maximum Gasteiger partial charge on any atom is 0.164 e. The van der Waals surface area contributed by atoms with Crippen LogP contribution in [0.3, 0.4) is 0 Å². The molecule has 0 radical (unpaired) electrons. The highest BCUT2D eigenvalue weighted by molar-refractivity contribution is 5.85. The quantitative estimate of drug-likeness (QED) is 0.197. The van der Waals surface area contributed by atoms with Crippen LogP contribution in [0.5, 0.6) is 0 Å². The van der Waals surface area contributed by atoms with Crippen molar-refractivity contribution in [2.45, 2.75) is 0 Å². The molecule has 0 aliphatic rings. The van der Waals surface area contributed by atoms with Crippen LogP contribution in [0.25, 0.3) is 73.4 Å². The zero-order valence-electron chi connectivity index (χ0n) is 24.3. The van der Waals surface area contributed by atoms with Crippen molar-refractivity contribution in [3.8, 4) is 62.4 Å². The van der Waals surface area contributed by atoms with Crippen LogP contribution in [-0.2, 0) is 0 Å². The van der Waals surface area contributed by atoms with E-state index in [1.807, 2.05) is 78.9 Å². The summed E-state index contributed by atoms with van der Waals surface area (Å²) in [5.41, 5.74) is 9.10. The van der Waals surface area contributed by atoms with Gasteiger partial charge in [-0.15, -0.1) is 0 Å². The van der Waals surface area contributed by atoms with Gasteiger partial charge in [0.1, 0.15) is 5.82 Å². The highest BCUT2D eigenvalue weighted by Crippen LogP contribution is 2.35. The number of para-hydroxylation sites is 3. The zero-order valence-corrected chi connectivity index (χ0v) is 24.3. The molecule has 0 spiro atoms. The third-order valence-electron chi connectivity index (χ3n) is 7.90. The van der Waals surface area contributed by atoms with E-state index >= 15 is 0 Å². The van der Waals surface area contributed by atoms with Gasteiger partial charge >= 0.3 is 0 Å². The Labute approximate surface area is 261 Å². The smallest absolute Gasteiger partial charge is 0.164 e. The molecule has 0 fully saturated rings. The second-order valence-electron chi connectivity index (χ2n) is 10.8. The van der Waals surface area contributed by atoms with Gasteiger partial charge in [0.2, 0.25) is 0 Å². The normalized spacial score (nSPS) is 11.1. The van der Waals surface area contributed by atoms with Gasteiger partial charge in [-0.1, -0.05) is 140 Å². The van der Waals surface area contributed by atoms with Crippen molar-refractivity contribution in [3.63, 3.8) is 0 Å². The van der Waals surface area contributed by atoms with E-state index in [2.05, 4.69) is 89.5 Å². The Bertz CT molecular complexity index is 2180. The molecular formula is C40H27N5. The molecule has 0 saturated carbocycles. The Morgan fingerprint density at radius 3 is 1.47 bits per heavy atom. The highest BCUT2D eigenvalue weighted by Gasteiger charge is 2.17. The van der Waals surface area contributed by atoms with Gasteiger partial charge in [-0.3, -0.25) is 4.57 Å². The number of hydrogen-bond donors (Lipinski definition) is 0. The molecule has 5 heteroatoms. The van der Waals surface area contributed by atoms with Crippen molar-refractivity contribution >= 4 is 11.0 Å². The molecule has 0 aliphatic carbocycles. The Morgan fingerprint density at radius 1 is 0.333 bits per heavy atom. The number of fused-ring (bicyclic) bond motifs is 1. The van der Waals surface area contributed by atoms with E-state index < -0.39 is 0 Å². The van der Waals surface area contributed by atoms with E-state index in [0.29, 0.717) is 17.5 Å². The zero-order chi connectivity index (χ0) is 30.0. The monoisotopic (exact) mass is 577 g/mol. The summed E-state index contributed by atoms with van der Waals surface area (Å²) in [6.45, 7) is 0. The highest BCUT2D eigenvalue weighted by atomic mass is 15.1.